The zero-order valence-corrected chi connectivity index (χ0v) is 16.4. The van der Waals surface area contributed by atoms with Gasteiger partial charge in [-0.25, -0.2) is 8.42 Å². The lowest BCUT2D eigenvalue weighted by Gasteiger charge is -2.05. The summed E-state index contributed by atoms with van der Waals surface area (Å²) in [4.78, 5) is 17.4. The summed E-state index contributed by atoms with van der Waals surface area (Å²) in [5.41, 5.74) is 1.15. The number of hydrogen-bond donors (Lipinski definition) is 0. The topological polar surface area (TPSA) is 89.6 Å². The number of rotatable bonds is 6. The van der Waals surface area contributed by atoms with Crippen molar-refractivity contribution in [2.75, 3.05) is 18.1 Å². The van der Waals surface area contributed by atoms with Gasteiger partial charge >= 0.3 is 0 Å². The molecule has 0 aliphatic carbocycles. The van der Waals surface area contributed by atoms with Gasteiger partial charge < -0.3 is 4.52 Å². The van der Waals surface area contributed by atoms with Crippen molar-refractivity contribution >= 4 is 32.4 Å². The van der Waals surface area contributed by atoms with E-state index in [-0.39, 0.29) is 17.0 Å². The van der Waals surface area contributed by atoms with Crippen molar-refractivity contribution < 1.29 is 17.7 Å². The van der Waals surface area contributed by atoms with Crippen LogP contribution in [0.1, 0.15) is 15.9 Å². The molecular weight excluding hydrogens is 396 g/mol. The largest absolute Gasteiger partial charge is 0.343 e. The maximum absolute atomic E-state index is 13.2. The Balaban J connectivity index is 1.85. The molecule has 0 spiro atoms. The van der Waals surface area contributed by atoms with Crippen LogP contribution in [0, 0.1) is 0 Å². The van der Waals surface area contributed by atoms with Crippen LogP contribution in [0.4, 0.5) is 0 Å². The van der Waals surface area contributed by atoms with E-state index >= 15 is 0 Å². The summed E-state index contributed by atoms with van der Waals surface area (Å²) in [5.74, 6) is 0.0166. The predicted molar refractivity (Wildman–Crippen MR) is 109 cm³/mol. The van der Waals surface area contributed by atoms with Crippen molar-refractivity contribution in [1.82, 2.24) is 5.16 Å². The Kier molecular flexibility index (Phi) is 5.15. The van der Waals surface area contributed by atoms with Gasteiger partial charge in [-0.3, -0.25) is 9.79 Å². The molecule has 0 saturated carbocycles. The van der Waals surface area contributed by atoms with E-state index < -0.39 is 20.7 Å². The first-order valence-electron chi connectivity index (χ1n) is 8.60. The molecule has 142 valence electrons. The summed E-state index contributed by atoms with van der Waals surface area (Å²) < 4.78 is 31.3. The smallest absolute Gasteiger partial charge is 0.262 e. The van der Waals surface area contributed by atoms with Gasteiger partial charge in [0.2, 0.25) is 9.84 Å². The fourth-order valence-electron chi connectivity index (χ4n) is 2.91. The molecule has 0 amide bonds. The van der Waals surface area contributed by atoms with Crippen LogP contribution in [0.2, 0.25) is 0 Å². The summed E-state index contributed by atoms with van der Waals surface area (Å²) in [7, 11) is -3.92. The molecular formula is C20H16N2O4S2. The number of aliphatic imine (C=N–C) groups is 1. The van der Waals surface area contributed by atoms with E-state index in [1.807, 2.05) is 6.07 Å². The van der Waals surface area contributed by atoms with E-state index in [0.29, 0.717) is 22.7 Å². The van der Waals surface area contributed by atoms with Gasteiger partial charge in [0.05, 0.1) is 5.04 Å². The molecule has 28 heavy (non-hydrogen) atoms. The molecule has 0 atom stereocenters. The number of nitrogens with zero attached hydrogens (tertiary/aromatic N) is 2. The minimum Gasteiger partial charge on any atom is -0.343 e. The van der Waals surface area contributed by atoms with Crippen molar-refractivity contribution in [3.8, 4) is 11.3 Å². The average molecular weight is 412 g/mol. The SMILES string of the molecule is O=C(c1ccccc1)c1c(-c2ccccc2)noc1S(=O)(=O)CC1=NCCS1. The number of ketones is 1. The number of thioether (sulfide) groups is 1. The van der Waals surface area contributed by atoms with Crippen molar-refractivity contribution in [2.24, 2.45) is 4.99 Å². The quantitative estimate of drug-likeness (QED) is 0.576. The highest BCUT2D eigenvalue weighted by Crippen LogP contribution is 2.31. The summed E-state index contributed by atoms with van der Waals surface area (Å²) in [6.45, 7) is 0.594. The lowest BCUT2D eigenvalue weighted by molar-refractivity contribution is 0.103. The van der Waals surface area contributed by atoms with Gasteiger partial charge in [-0.05, 0) is 0 Å². The second-order valence-corrected chi connectivity index (χ2v) is 9.19. The van der Waals surface area contributed by atoms with Crippen LogP contribution in [0.15, 0.2) is 75.3 Å². The molecule has 6 nitrogen and oxygen atoms in total. The Morgan fingerprint density at radius 2 is 1.71 bits per heavy atom. The predicted octanol–water partition coefficient (Wildman–Crippen LogP) is 3.49. The third kappa shape index (κ3) is 3.65. The zero-order chi connectivity index (χ0) is 19.6. The Morgan fingerprint density at radius 3 is 2.36 bits per heavy atom. The molecule has 8 heteroatoms. The highest BCUT2D eigenvalue weighted by Gasteiger charge is 2.34. The molecule has 1 aromatic heterocycles. The lowest BCUT2D eigenvalue weighted by atomic mass is 10.0. The summed E-state index contributed by atoms with van der Waals surface area (Å²) in [6, 6.07) is 17.4. The molecule has 0 fully saturated rings. The maximum atomic E-state index is 13.2. The minimum atomic E-state index is -3.92. The first-order chi connectivity index (χ1) is 13.6. The van der Waals surface area contributed by atoms with E-state index in [9.17, 15) is 13.2 Å². The third-order valence-electron chi connectivity index (χ3n) is 4.22. The first-order valence-corrected chi connectivity index (χ1v) is 11.2. The molecule has 2 heterocycles. The van der Waals surface area contributed by atoms with E-state index in [4.69, 9.17) is 4.52 Å². The number of benzene rings is 2. The van der Waals surface area contributed by atoms with Crippen molar-refractivity contribution in [1.29, 1.82) is 0 Å². The van der Waals surface area contributed by atoms with Gasteiger partial charge in [0, 0.05) is 23.4 Å². The van der Waals surface area contributed by atoms with Crippen LogP contribution in [0.5, 0.6) is 0 Å². The van der Waals surface area contributed by atoms with Crippen LogP contribution in [0.3, 0.4) is 0 Å². The average Bonchev–Trinajstić information content (AvgIpc) is 3.38. The van der Waals surface area contributed by atoms with Crippen LogP contribution in [0.25, 0.3) is 11.3 Å². The summed E-state index contributed by atoms with van der Waals surface area (Å²) in [6.07, 6.45) is 0. The molecule has 4 rings (SSSR count). The zero-order valence-electron chi connectivity index (χ0n) is 14.7. The van der Waals surface area contributed by atoms with Crippen LogP contribution >= 0.6 is 11.8 Å². The van der Waals surface area contributed by atoms with E-state index in [1.165, 1.54) is 11.8 Å². The highest BCUT2D eigenvalue weighted by atomic mass is 32.2. The van der Waals surface area contributed by atoms with Gasteiger partial charge in [-0.2, -0.15) is 0 Å². The number of carbonyl (C=O) groups is 1. The molecule has 0 unspecified atom stereocenters. The highest BCUT2D eigenvalue weighted by molar-refractivity contribution is 8.15. The maximum Gasteiger partial charge on any atom is 0.262 e. The van der Waals surface area contributed by atoms with Crippen LogP contribution in [-0.4, -0.2) is 42.5 Å². The normalized spacial score (nSPS) is 14.1. The fraction of sp³-hybridized carbons (Fsp3) is 0.150. The summed E-state index contributed by atoms with van der Waals surface area (Å²) in [5, 5.41) is 4.07. The monoisotopic (exact) mass is 412 g/mol. The lowest BCUT2D eigenvalue weighted by Crippen LogP contribution is -2.16. The fourth-order valence-corrected chi connectivity index (χ4v) is 5.51. The molecule has 3 aromatic rings. The van der Waals surface area contributed by atoms with Crippen molar-refractivity contribution in [2.45, 2.75) is 5.09 Å². The van der Waals surface area contributed by atoms with E-state index in [0.717, 1.165) is 5.75 Å². The van der Waals surface area contributed by atoms with E-state index in [1.54, 1.807) is 54.6 Å². The Morgan fingerprint density at radius 1 is 1.04 bits per heavy atom. The Hall–Kier alpha value is -2.71. The minimum absolute atomic E-state index is 0.0407. The second-order valence-electron chi connectivity index (χ2n) is 6.14. The van der Waals surface area contributed by atoms with Crippen LogP contribution < -0.4 is 0 Å². The number of aromatic nitrogens is 1. The molecule has 0 N–H and O–H groups in total. The second kappa shape index (κ2) is 7.73. The van der Waals surface area contributed by atoms with Crippen molar-refractivity contribution in [3.05, 3.63) is 71.8 Å². The molecule has 2 aromatic carbocycles. The van der Waals surface area contributed by atoms with Gasteiger partial charge in [0.25, 0.3) is 5.09 Å². The van der Waals surface area contributed by atoms with Gasteiger partial charge in [0.1, 0.15) is 17.0 Å². The Bertz CT molecular complexity index is 1140. The molecule has 0 bridgehead atoms. The molecule has 1 aliphatic rings. The number of hydrogen-bond acceptors (Lipinski definition) is 7. The molecule has 1 aliphatic heterocycles. The number of carbonyl (C=O) groups excluding carboxylic acids is 1. The van der Waals surface area contributed by atoms with Crippen molar-refractivity contribution in [3.63, 3.8) is 0 Å². The molecule has 0 saturated heterocycles. The first kappa shape index (κ1) is 18.6. The van der Waals surface area contributed by atoms with Gasteiger partial charge in [-0.15, -0.1) is 11.8 Å². The standard InChI is InChI=1S/C20H16N2O4S2/c23-19(15-9-5-2-6-10-15)17-18(14-7-3-1-4-8-14)22-26-20(17)28(24,25)13-16-21-11-12-27-16/h1-10H,11-13H2. The van der Waals surface area contributed by atoms with E-state index in [2.05, 4.69) is 10.1 Å². The third-order valence-corrected chi connectivity index (χ3v) is 6.89. The number of sulfone groups is 1. The van der Waals surface area contributed by atoms with Gasteiger partial charge in [-0.1, -0.05) is 65.8 Å². The Labute approximate surface area is 166 Å². The van der Waals surface area contributed by atoms with Gasteiger partial charge in [0.15, 0.2) is 5.78 Å². The summed E-state index contributed by atoms with van der Waals surface area (Å²) >= 11 is 1.40. The van der Waals surface area contributed by atoms with Crippen LogP contribution in [-0.2, 0) is 9.84 Å². The molecule has 0 radical (unpaired) electrons.